The summed E-state index contributed by atoms with van der Waals surface area (Å²) in [5.74, 6) is 0.430. The summed E-state index contributed by atoms with van der Waals surface area (Å²) in [6.45, 7) is 15.3. The molecule has 0 bridgehead atoms. The normalized spacial score (nSPS) is 17.5. The number of nitrogens with zero attached hydrogens (tertiary/aromatic N) is 3. The van der Waals surface area contributed by atoms with Gasteiger partial charge in [0.15, 0.2) is 6.23 Å². The Bertz CT molecular complexity index is 1430. The summed E-state index contributed by atoms with van der Waals surface area (Å²) in [6.07, 6.45) is 5.43. The largest absolute Gasteiger partial charge is 0.543 e. The molecule has 2 aromatic heterocycles. The predicted molar refractivity (Wildman–Crippen MR) is 168 cm³/mol. The highest BCUT2D eigenvalue weighted by Gasteiger charge is 2.39. The van der Waals surface area contributed by atoms with Crippen molar-refractivity contribution in [2.24, 2.45) is 5.92 Å². The summed E-state index contributed by atoms with van der Waals surface area (Å²) in [7, 11) is -5.97. The van der Waals surface area contributed by atoms with Crippen LogP contribution in [0.4, 0.5) is 0 Å². The quantitative estimate of drug-likeness (QED) is 0.117. The monoisotopic (exact) mass is 639 g/mol. The minimum absolute atomic E-state index is 0.0873. The van der Waals surface area contributed by atoms with Gasteiger partial charge in [-0.3, -0.25) is 4.55 Å². The van der Waals surface area contributed by atoms with Crippen LogP contribution < -0.4 is 4.43 Å². The van der Waals surface area contributed by atoms with Gasteiger partial charge in [0.05, 0.1) is 36.0 Å². The standard InChI is InChI=1S/C29H45N3O7S2Si/c1-21(20-41(33,34)35)12-14-36-15-16-37-19-26-30-18-25(40-26)28-23-17-22(39-42(5,6)29(2,3)4)10-11-24(23)32(31-28)27-9-7-8-13-38-27/h10-11,17-18,21,27H,7-9,12-16,19-20H2,1-6H3,(H,33,34,35). The molecule has 1 saturated heterocycles. The smallest absolute Gasteiger partial charge is 0.265 e. The lowest BCUT2D eigenvalue weighted by Gasteiger charge is -2.36. The highest BCUT2D eigenvalue weighted by Crippen LogP contribution is 2.40. The van der Waals surface area contributed by atoms with Crippen molar-refractivity contribution in [3.63, 3.8) is 0 Å². The number of benzene rings is 1. The van der Waals surface area contributed by atoms with Crippen molar-refractivity contribution < 1.29 is 31.6 Å². The number of aromatic nitrogens is 3. The zero-order valence-electron chi connectivity index (χ0n) is 25.6. The van der Waals surface area contributed by atoms with Crippen LogP contribution in [0.5, 0.6) is 5.75 Å². The number of ether oxygens (including phenoxy) is 3. The molecule has 1 N–H and O–H groups in total. The highest BCUT2D eigenvalue weighted by molar-refractivity contribution is 7.85. The third kappa shape index (κ3) is 8.83. The second-order valence-electron chi connectivity index (χ2n) is 12.6. The van der Waals surface area contributed by atoms with Crippen LogP contribution in [0.3, 0.4) is 0 Å². The van der Waals surface area contributed by atoms with E-state index in [1.807, 2.05) is 10.9 Å². The van der Waals surface area contributed by atoms with Gasteiger partial charge in [-0.2, -0.15) is 13.5 Å². The zero-order valence-corrected chi connectivity index (χ0v) is 28.2. The Kier molecular flexibility index (Phi) is 10.9. The third-order valence-corrected chi connectivity index (χ3v) is 14.2. The van der Waals surface area contributed by atoms with E-state index >= 15 is 0 Å². The Morgan fingerprint density at radius 3 is 2.64 bits per heavy atom. The van der Waals surface area contributed by atoms with Gasteiger partial charge in [-0.15, -0.1) is 11.3 Å². The Balaban J connectivity index is 1.43. The van der Waals surface area contributed by atoms with Gasteiger partial charge in [-0.1, -0.05) is 27.7 Å². The maximum atomic E-state index is 11.0. The van der Waals surface area contributed by atoms with E-state index in [0.717, 1.165) is 58.1 Å². The minimum atomic E-state index is -3.96. The van der Waals surface area contributed by atoms with Gasteiger partial charge in [-0.05, 0) is 67.9 Å². The van der Waals surface area contributed by atoms with Gasteiger partial charge < -0.3 is 18.6 Å². The zero-order chi connectivity index (χ0) is 30.5. The molecule has 4 rings (SSSR count). The van der Waals surface area contributed by atoms with Crippen LogP contribution in [-0.4, -0.2) is 68.2 Å². The molecule has 234 valence electrons. The fraction of sp³-hybridized carbons (Fsp3) is 0.655. The van der Waals surface area contributed by atoms with Crippen molar-refractivity contribution >= 4 is 40.7 Å². The molecule has 2 unspecified atom stereocenters. The van der Waals surface area contributed by atoms with Crippen molar-refractivity contribution in [3.05, 3.63) is 29.4 Å². The molecule has 42 heavy (non-hydrogen) atoms. The summed E-state index contributed by atoms with van der Waals surface area (Å²) in [4.78, 5) is 5.55. The second-order valence-corrected chi connectivity index (χ2v) is 19.9. The molecule has 0 aliphatic carbocycles. The summed E-state index contributed by atoms with van der Waals surface area (Å²) in [6, 6.07) is 6.26. The first-order valence-electron chi connectivity index (χ1n) is 14.6. The van der Waals surface area contributed by atoms with Crippen LogP contribution in [0.25, 0.3) is 21.5 Å². The summed E-state index contributed by atoms with van der Waals surface area (Å²) >= 11 is 1.56. The maximum Gasteiger partial charge on any atom is 0.265 e. The molecule has 1 aliphatic rings. The van der Waals surface area contributed by atoms with Gasteiger partial charge in [0.1, 0.15) is 16.5 Å². The number of hydrogen-bond acceptors (Lipinski definition) is 9. The summed E-state index contributed by atoms with van der Waals surface area (Å²) in [5, 5.41) is 7.01. The molecular weight excluding hydrogens is 595 g/mol. The van der Waals surface area contributed by atoms with E-state index in [9.17, 15) is 8.42 Å². The molecule has 13 heteroatoms. The van der Waals surface area contributed by atoms with E-state index in [2.05, 4.69) is 57.0 Å². The first-order chi connectivity index (χ1) is 19.7. The molecule has 2 atom stereocenters. The Hall–Kier alpha value is -1.87. The van der Waals surface area contributed by atoms with Gasteiger partial charge in [-0.25, -0.2) is 9.67 Å². The molecular formula is C29H45N3O7S2Si. The van der Waals surface area contributed by atoms with Crippen LogP contribution in [0.2, 0.25) is 18.1 Å². The number of hydrogen-bond donors (Lipinski definition) is 1. The van der Waals surface area contributed by atoms with E-state index in [4.69, 9.17) is 28.3 Å². The lowest BCUT2D eigenvalue weighted by Crippen LogP contribution is -2.43. The molecule has 0 spiro atoms. The fourth-order valence-electron chi connectivity index (χ4n) is 4.54. The SMILES string of the molecule is CC(CCOCCOCc1ncc(-c2nn(C3CCCCO3)c3ccc(O[Si](C)(C)C(C)(C)C)cc23)s1)CS(=O)(=O)O. The summed E-state index contributed by atoms with van der Waals surface area (Å²) in [5.41, 5.74) is 1.89. The van der Waals surface area contributed by atoms with E-state index in [1.165, 1.54) is 0 Å². The Morgan fingerprint density at radius 2 is 1.95 bits per heavy atom. The van der Waals surface area contributed by atoms with Crippen molar-refractivity contribution in [2.75, 3.05) is 32.2 Å². The molecule has 0 radical (unpaired) electrons. The molecule has 0 amide bonds. The summed E-state index contributed by atoms with van der Waals surface area (Å²) < 4.78 is 56.9. The molecule has 3 aromatic rings. The van der Waals surface area contributed by atoms with E-state index in [-0.39, 0.29) is 22.9 Å². The van der Waals surface area contributed by atoms with Crippen LogP contribution in [0.1, 0.15) is 64.6 Å². The van der Waals surface area contributed by atoms with Gasteiger partial charge in [0.25, 0.3) is 10.1 Å². The van der Waals surface area contributed by atoms with Crippen molar-refractivity contribution in [2.45, 2.75) is 84.3 Å². The average molecular weight is 640 g/mol. The van der Waals surface area contributed by atoms with Crippen LogP contribution in [0, 0.1) is 5.92 Å². The molecule has 1 aliphatic heterocycles. The fourth-order valence-corrected chi connectivity index (χ4v) is 7.31. The first-order valence-corrected chi connectivity index (χ1v) is 20.0. The second kappa shape index (κ2) is 13.8. The lowest BCUT2D eigenvalue weighted by atomic mass is 10.1. The lowest BCUT2D eigenvalue weighted by molar-refractivity contribution is -0.0365. The van der Waals surface area contributed by atoms with Crippen molar-refractivity contribution in [1.82, 2.24) is 14.8 Å². The van der Waals surface area contributed by atoms with E-state index < -0.39 is 18.4 Å². The van der Waals surface area contributed by atoms with Crippen LogP contribution >= 0.6 is 11.3 Å². The molecule has 0 saturated carbocycles. The Morgan fingerprint density at radius 1 is 1.19 bits per heavy atom. The first kappa shape index (κ1) is 33.0. The van der Waals surface area contributed by atoms with Crippen LogP contribution in [0.15, 0.2) is 24.4 Å². The van der Waals surface area contributed by atoms with E-state index in [0.29, 0.717) is 32.8 Å². The average Bonchev–Trinajstić information content (AvgIpc) is 3.51. The molecule has 3 heterocycles. The van der Waals surface area contributed by atoms with Gasteiger partial charge >= 0.3 is 0 Å². The van der Waals surface area contributed by atoms with Gasteiger partial charge in [0, 0.05) is 24.8 Å². The third-order valence-electron chi connectivity index (χ3n) is 7.92. The highest BCUT2D eigenvalue weighted by atomic mass is 32.2. The molecule has 1 aromatic carbocycles. The maximum absolute atomic E-state index is 11.0. The van der Waals surface area contributed by atoms with Crippen LogP contribution in [-0.2, 0) is 30.9 Å². The van der Waals surface area contributed by atoms with Gasteiger partial charge in [0.2, 0.25) is 8.32 Å². The number of thiazole rings is 1. The molecule has 10 nitrogen and oxygen atoms in total. The number of fused-ring (bicyclic) bond motifs is 1. The minimum Gasteiger partial charge on any atom is -0.543 e. The number of rotatable bonds is 14. The van der Waals surface area contributed by atoms with E-state index in [1.54, 1.807) is 18.3 Å². The van der Waals surface area contributed by atoms with Crippen molar-refractivity contribution in [3.8, 4) is 16.3 Å². The Labute approximate surface area is 254 Å². The topological polar surface area (TPSA) is 122 Å². The molecule has 1 fully saturated rings. The predicted octanol–water partition coefficient (Wildman–Crippen LogP) is 6.69. The van der Waals surface area contributed by atoms with Crippen molar-refractivity contribution in [1.29, 1.82) is 0 Å².